The zero-order valence-corrected chi connectivity index (χ0v) is 11.8. The molecule has 0 bridgehead atoms. The molecule has 0 radical (unpaired) electrons. The number of rotatable bonds is 3. The Morgan fingerprint density at radius 2 is 2.11 bits per heavy atom. The van der Waals surface area contributed by atoms with Gasteiger partial charge in [-0.15, -0.1) is 0 Å². The predicted molar refractivity (Wildman–Crippen MR) is 71.7 cm³/mol. The molecule has 4 heteroatoms. The Kier molecular flexibility index (Phi) is 3.70. The molecule has 2 fully saturated rings. The summed E-state index contributed by atoms with van der Waals surface area (Å²) in [5.41, 5.74) is -0.307. The Balaban J connectivity index is 2.02. The van der Waals surface area contributed by atoms with Crippen LogP contribution >= 0.6 is 0 Å². The molecule has 1 saturated heterocycles. The lowest BCUT2D eigenvalue weighted by Crippen LogP contribution is -2.51. The summed E-state index contributed by atoms with van der Waals surface area (Å²) in [5.74, 6) is -0.691. The van der Waals surface area contributed by atoms with Crippen molar-refractivity contribution in [1.29, 1.82) is 0 Å². The van der Waals surface area contributed by atoms with Crippen LogP contribution in [0.4, 0.5) is 0 Å². The summed E-state index contributed by atoms with van der Waals surface area (Å²) in [7, 11) is 1.77. The molecule has 2 N–H and O–H groups in total. The van der Waals surface area contributed by atoms with Gasteiger partial charge >= 0.3 is 5.97 Å². The molecular formula is C14H26N2O2. The van der Waals surface area contributed by atoms with Crippen LogP contribution in [-0.2, 0) is 4.79 Å². The lowest BCUT2D eigenvalue weighted by molar-refractivity contribution is -0.144. The standard InChI is InChI=1S/C14H26N2O2/c1-13(2)6-4-8-16(10-13)11-5-7-14(9-11,15-3)12(17)18/h11,15H,4-10H2,1-3H3,(H,17,18). The Labute approximate surface area is 110 Å². The van der Waals surface area contributed by atoms with E-state index in [1.54, 1.807) is 7.05 Å². The summed E-state index contributed by atoms with van der Waals surface area (Å²) in [6.07, 6.45) is 5.02. The molecule has 0 aromatic heterocycles. The number of hydrogen-bond acceptors (Lipinski definition) is 3. The number of hydrogen-bond donors (Lipinski definition) is 2. The smallest absolute Gasteiger partial charge is 0.323 e. The maximum atomic E-state index is 11.4. The second-order valence-corrected chi connectivity index (χ2v) is 6.77. The van der Waals surface area contributed by atoms with Gasteiger partial charge in [0.1, 0.15) is 5.54 Å². The fourth-order valence-corrected chi connectivity index (χ4v) is 3.64. The second kappa shape index (κ2) is 4.82. The molecule has 2 unspecified atom stereocenters. The van der Waals surface area contributed by atoms with Crippen LogP contribution in [0.3, 0.4) is 0 Å². The van der Waals surface area contributed by atoms with E-state index in [2.05, 4.69) is 24.1 Å². The molecule has 4 nitrogen and oxygen atoms in total. The molecule has 104 valence electrons. The van der Waals surface area contributed by atoms with Gasteiger partial charge < -0.3 is 10.4 Å². The van der Waals surface area contributed by atoms with Gasteiger partial charge in [-0.3, -0.25) is 9.69 Å². The Bertz CT molecular complexity index is 330. The number of nitrogens with one attached hydrogen (secondary N) is 1. The molecule has 2 atom stereocenters. The first-order chi connectivity index (χ1) is 8.38. The number of carbonyl (C=O) groups is 1. The van der Waals surface area contributed by atoms with Crippen LogP contribution in [0.5, 0.6) is 0 Å². The number of carboxylic acids is 1. The zero-order chi connectivity index (χ0) is 13.4. The minimum Gasteiger partial charge on any atom is -0.480 e. The van der Waals surface area contributed by atoms with E-state index < -0.39 is 11.5 Å². The summed E-state index contributed by atoms with van der Waals surface area (Å²) in [6, 6.07) is 0.438. The van der Waals surface area contributed by atoms with Crippen LogP contribution in [0, 0.1) is 5.41 Å². The molecule has 2 rings (SSSR count). The maximum Gasteiger partial charge on any atom is 0.323 e. The van der Waals surface area contributed by atoms with Gasteiger partial charge in [0.2, 0.25) is 0 Å². The van der Waals surface area contributed by atoms with Crippen molar-refractivity contribution in [2.75, 3.05) is 20.1 Å². The first-order valence-corrected chi connectivity index (χ1v) is 7.05. The highest BCUT2D eigenvalue weighted by atomic mass is 16.4. The average molecular weight is 254 g/mol. The molecule has 0 amide bonds. The first kappa shape index (κ1) is 13.8. The van der Waals surface area contributed by atoms with Crippen molar-refractivity contribution < 1.29 is 9.90 Å². The number of likely N-dealkylation sites (N-methyl/N-ethyl adjacent to an activating group) is 1. The number of nitrogens with zero attached hydrogens (tertiary/aromatic N) is 1. The minimum absolute atomic E-state index is 0.381. The van der Waals surface area contributed by atoms with E-state index in [4.69, 9.17) is 0 Å². The van der Waals surface area contributed by atoms with E-state index in [0.29, 0.717) is 11.5 Å². The van der Waals surface area contributed by atoms with Gasteiger partial charge in [0.25, 0.3) is 0 Å². The SMILES string of the molecule is CNC1(C(=O)O)CCC(N2CCCC(C)(C)C2)C1. The van der Waals surface area contributed by atoms with Gasteiger partial charge in [0, 0.05) is 12.6 Å². The second-order valence-electron chi connectivity index (χ2n) is 6.77. The third-order valence-corrected chi connectivity index (χ3v) is 4.82. The average Bonchev–Trinajstić information content (AvgIpc) is 2.73. The molecule has 1 heterocycles. The van der Waals surface area contributed by atoms with E-state index in [9.17, 15) is 9.90 Å². The van der Waals surface area contributed by atoms with Crippen LogP contribution in [0.1, 0.15) is 46.0 Å². The molecule has 1 saturated carbocycles. The van der Waals surface area contributed by atoms with Gasteiger partial charge in [-0.25, -0.2) is 0 Å². The van der Waals surface area contributed by atoms with Crippen LogP contribution in [0.25, 0.3) is 0 Å². The monoisotopic (exact) mass is 254 g/mol. The first-order valence-electron chi connectivity index (χ1n) is 7.05. The maximum absolute atomic E-state index is 11.4. The van der Waals surface area contributed by atoms with Crippen molar-refractivity contribution in [3.05, 3.63) is 0 Å². The lowest BCUT2D eigenvalue weighted by Gasteiger charge is -2.41. The van der Waals surface area contributed by atoms with E-state index >= 15 is 0 Å². The fraction of sp³-hybridized carbons (Fsp3) is 0.929. The quantitative estimate of drug-likeness (QED) is 0.805. The molecule has 0 aromatic carbocycles. The third-order valence-electron chi connectivity index (χ3n) is 4.82. The molecule has 0 spiro atoms. The summed E-state index contributed by atoms with van der Waals surface area (Å²) in [5, 5.41) is 12.4. The highest BCUT2D eigenvalue weighted by Crippen LogP contribution is 2.37. The van der Waals surface area contributed by atoms with Crippen molar-refractivity contribution in [2.45, 2.75) is 57.5 Å². The molecule has 0 aromatic rings. The van der Waals surface area contributed by atoms with Crippen molar-refractivity contribution >= 4 is 5.97 Å². The van der Waals surface area contributed by atoms with E-state index in [1.165, 1.54) is 12.8 Å². The fourth-order valence-electron chi connectivity index (χ4n) is 3.64. The summed E-state index contributed by atoms with van der Waals surface area (Å²) < 4.78 is 0. The van der Waals surface area contributed by atoms with Crippen LogP contribution in [-0.4, -0.2) is 47.7 Å². The zero-order valence-electron chi connectivity index (χ0n) is 11.8. The molecular weight excluding hydrogens is 228 g/mol. The third kappa shape index (κ3) is 2.54. The van der Waals surface area contributed by atoms with Crippen molar-refractivity contribution in [1.82, 2.24) is 10.2 Å². The van der Waals surface area contributed by atoms with Crippen molar-refractivity contribution in [2.24, 2.45) is 5.41 Å². The number of carboxylic acid groups (broad SMARTS) is 1. The highest BCUT2D eigenvalue weighted by Gasteiger charge is 2.46. The van der Waals surface area contributed by atoms with Crippen LogP contribution in [0.2, 0.25) is 0 Å². The molecule has 1 aliphatic heterocycles. The van der Waals surface area contributed by atoms with Gasteiger partial charge in [-0.1, -0.05) is 13.8 Å². The predicted octanol–water partition coefficient (Wildman–Crippen LogP) is 1.70. The lowest BCUT2D eigenvalue weighted by atomic mass is 9.83. The van der Waals surface area contributed by atoms with Gasteiger partial charge in [-0.2, -0.15) is 0 Å². The molecule has 2 aliphatic rings. The summed E-state index contributed by atoms with van der Waals surface area (Å²) in [6.45, 7) is 6.87. The normalized spacial score (nSPS) is 36.7. The van der Waals surface area contributed by atoms with Crippen molar-refractivity contribution in [3.8, 4) is 0 Å². The Hall–Kier alpha value is -0.610. The summed E-state index contributed by atoms with van der Waals surface area (Å²) >= 11 is 0. The Morgan fingerprint density at radius 3 is 2.61 bits per heavy atom. The van der Waals surface area contributed by atoms with E-state index in [-0.39, 0.29) is 0 Å². The van der Waals surface area contributed by atoms with Gasteiger partial charge in [-0.05, 0) is 51.1 Å². The number of aliphatic carboxylic acids is 1. The van der Waals surface area contributed by atoms with Gasteiger partial charge in [0.15, 0.2) is 0 Å². The number of piperidine rings is 1. The highest BCUT2D eigenvalue weighted by molar-refractivity contribution is 5.79. The van der Waals surface area contributed by atoms with Crippen LogP contribution < -0.4 is 5.32 Å². The largest absolute Gasteiger partial charge is 0.480 e. The molecule has 1 aliphatic carbocycles. The Morgan fingerprint density at radius 1 is 1.39 bits per heavy atom. The van der Waals surface area contributed by atoms with Gasteiger partial charge in [0.05, 0.1) is 0 Å². The summed E-state index contributed by atoms with van der Waals surface area (Å²) in [4.78, 5) is 13.9. The van der Waals surface area contributed by atoms with E-state index in [1.807, 2.05) is 0 Å². The van der Waals surface area contributed by atoms with Crippen LogP contribution in [0.15, 0.2) is 0 Å². The number of likely N-dealkylation sites (tertiary alicyclic amines) is 1. The minimum atomic E-state index is -0.691. The topological polar surface area (TPSA) is 52.6 Å². The van der Waals surface area contributed by atoms with Crippen molar-refractivity contribution in [3.63, 3.8) is 0 Å². The van der Waals surface area contributed by atoms with E-state index in [0.717, 1.165) is 32.4 Å². The molecule has 18 heavy (non-hydrogen) atoms.